The lowest BCUT2D eigenvalue weighted by Gasteiger charge is -2.72. The number of rotatable bonds is 5. The second-order valence-corrected chi connectivity index (χ2v) is 13.4. The number of aliphatic carboxylic acids is 1. The largest absolute Gasteiger partial charge is 0.479 e. The number of hydrogen-bond acceptors (Lipinski definition) is 7. The Labute approximate surface area is 219 Å². The molecule has 204 valence electrons. The smallest absolute Gasteiger partial charge is 0.335 e. The van der Waals surface area contributed by atoms with Crippen molar-refractivity contribution in [3.8, 4) is 6.19 Å². The lowest BCUT2D eigenvalue weighted by Crippen LogP contribution is -2.78. The van der Waals surface area contributed by atoms with E-state index in [2.05, 4.69) is 39.1 Å². The minimum Gasteiger partial charge on any atom is -0.479 e. The van der Waals surface area contributed by atoms with Gasteiger partial charge >= 0.3 is 5.97 Å². The van der Waals surface area contributed by atoms with Crippen molar-refractivity contribution in [2.24, 2.45) is 40.4 Å². The number of carbonyl (C=O) groups is 1. The third kappa shape index (κ3) is 3.30. The van der Waals surface area contributed by atoms with Crippen molar-refractivity contribution < 1.29 is 30.1 Å². The third-order valence-corrected chi connectivity index (χ3v) is 11.7. The number of allylic oxidation sites excluding steroid dienone is 1. The number of fused-ring (bicyclic) bond motifs is 2. The average Bonchev–Trinajstić information content (AvgIpc) is 3.12. The number of hydroxylamine groups is 2. The van der Waals surface area contributed by atoms with Crippen LogP contribution in [0.2, 0.25) is 0 Å². The zero-order valence-corrected chi connectivity index (χ0v) is 22.6. The first kappa shape index (κ1) is 26.7. The van der Waals surface area contributed by atoms with Gasteiger partial charge in [-0.1, -0.05) is 52.0 Å². The number of hydrogen-bond donors (Lipinski definition) is 4. The number of nitriles is 1. The van der Waals surface area contributed by atoms with E-state index in [4.69, 9.17) is 4.84 Å². The maximum absolute atomic E-state index is 11.6. The van der Waals surface area contributed by atoms with E-state index in [0.717, 1.165) is 19.3 Å². The molecule has 8 heteroatoms. The fourth-order valence-electron chi connectivity index (χ4n) is 9.36. The highest BCUT2D eigenvalue weighted by molar-refractivity contribution is 5.77. The van der Waals surface area contributed by atoms with Crippen LogP contribution in [0, 0.1) is 51.9 Å². The maximum atomic E-state index is 11.6. The van der Waals surface area contributed by atoms with Gasteiger partial charge in [-0.05, 0) is 56.3 Å². The van der Waals surface area contributed by atoms with Gasteiger partial charge in [-0.15, -0.1) is 0 Å². The summed E-state index contributed by atoms with van der Waals surface area (Å²) in [6, 6.07) is 0. The van der Waals surface area contributed by atoms with Crippen LogP contribution in [0.1, 0.15) is 73.1 Å². The highest BCUT2D eigenvalue weighted by atomic mass is 16.7. The van der Waals surface area contributed by atoms with Crippen LogP contribution in [-0.2, 0) is 9.63 Å². The molecule has 4 fully saturated rings. The van der Waals surface area contributed by atoms with Crippen LogP contribution >= 0.6 is 0 Å². The molecule has 1 saturated heterocycles. The fourth-order valence-corrected chi connectivity index (χ4v) is 9.36. The second-order valence-electron chi connectivity index (χ2n) is 13.4. The molecule has 6 rings (SSSR count). The summed E-state index contributed by atoms with van der Waals surface area (Å²) in [6.07, 6.45) is 13.6. The molecule has 12 atom stereocenters. The summed E-state index contributed by atoms with van der Waals surface area (Å²) in [5, 5.41) is 53.5. The first-order valence-corrected chi connectivity index (χ1v) is 13.8. The molecule has 2 aliphatic heterocycles. The van der Waals surface area contributed by atoms with Crippen LogP contribution in [-0.4, -0.2) is 60.4 Å². The van der Waals surface area contributed by atoms with E-state index in [1.54, 1.807) is 13.0 Å². The molecule has 4 aliphatic carbocycles. The first-order valence-electron chi connectivity index (χ1n) is 13.8. The van der Waals surface area contributed by atoms with Crippen LogP contribution < -0.4 is 0 Å². The van der Waals surface area contributed by atoms with Crippen molar-refractivity contribution in [2.75, 3.05) is 0 Å². The predicted octanol–water partition coefficient (Wildman–Crippen LogP) is 3.39. The number of carboxylic acid groups (broad SMARTS) is 1. The summed E-state index contributed by atoms with van der Waals surface area (Å²) >= 11 is 0. The van der Waals surface area contributed by atoms with Gasteiger partial charge < -0.3 is 20.4 Å². The van der Waals surface area contributed by atoms with Crippen molar-refractivity contribution >= 4 is 5.97 Å². The molecule has 37 heavy (non-hydrogen) atoms. The van der Waals surface area contributed by atoms with Crippen molar-refractivity contribution in [1.29, 1.82) is 5.26 Å². The molecule has 6 aliphatic rings. The molecule has 1 unspecified atom stereocenters. The van der Waals surface area contributed by atoms with Crippen LogP contribution in [0.15, 0.2) is 24.3 Å². The van der Waals surface area contributed by atoms with Gasteiger partial charge in [0.15, 0.2) is 5.60 Å². The summed E-state index contributed by atoms with van der Waals surface area (Å²) in [7, 11) is 0. The number of aliphatic hydroxyl groups excluding tert-OH is 2. The van der Waals surface area contributed by atoms with Gasteiger partial charge in [-0.25, -0.2) is 4.79 Å². The molecule has 0 aromatic rings. The van der Waals surface area contributed by atoms with Crippen LogP contribution in [0.4, 0.5) is 0 Å². The maximum Gasteiger partial charge on any atom is 0.335 e. The molecule has 2 spiro atoms. The Hall–Kier alpha value is -1.92. The normalized spacial score (nSPS) is 49.5. The molecular weight excluding hydrogens is 472 g/mol. The molecule has 8 nitrogen and oxygen atoms in total. The number of aliphatic hydroxyl groups is 3. The van der Waals surface area contributed by atoms with Gasteiger partial charge in [0.05, 0.1) is 12.2 Å². The topological polar surface area (TPSA) is 134 Å². The second kappa shape index (κ2) is 8.29. The van der Waals surface area contributed by atoms with Crippen LogP contribution in [0.3, 0.4) is 0 Å². The zero-order chi connectivity index (χ0) is 27.2. The standard InChI is InChI=1S/C29H42N2O6/c1-17(6-7-18(2)27(5,36)24(34)35)20-14-21(33)23-25(20,3)10-9-22-26(4)11-8-19(32)15-28(26)12-13-29(22,23)37-31(28)16-30/h6-7,12-13,17-23,32-33,36H,8-11,14-15H2,1-5H3,(H,34,35)/b7-6+/t17-,18+,19+,20-,21-,22-,23-,25-,26-,27?,28-,29-/m1/s1. The summed E-state index contributed by atoms with van der Waals surface area (Å²) in [4.78, 5) is 18.1. The lowest BCUT2D eigenvalue weighted by molar-refractivity contribution is -0.386. The number of carboxylic acids is 1. The Morgan fingerprint density at radius 3 is 2.57 bits per heavy atom. The van der Waals surface area contributed by atoms with Gasteiger partial charge in [0.25, 0.3) is 0 Å². The Balaban J connectivity index is 1.50. The summed E-state index contributed by atoms with van der Waals surface area (Å²) in [5.74, 6) is -1.72. The summed E-state index contributed by atoms with van der Waals surface area (Å²) in [5.41, 5.74) is -3.83. The predicted molar refractivity (Wildman–Crippen MR) is 135 cm³/mol. The van der Waals surface area contributed by atoms with Crippen LogP contribution in [0.5, 0.6) is 0 Å². The van der Waals surface area contributed by atoms with E-state index >= 15 is 0 Å². The van der Waals surface area contributed by atoms with Crippen LogP contribution in [0.25, 0.3) is 0 Å². The van der Waals surface area contributed by atoms with Gasteiger partial charge in [-0.2, -0.15) is 10.3 Å². The molecule has 0 amide bonds. The van der Waals surface area contributed by atoms with E-state index < -0.39 is 40.8 Å². The highest BCUT2D eigenvalue weighted by Gasteiger charge is 2.76. The van der Waals surface area contributed by atoms with Gasteiger partial charge in [0.2, 0.25) is 6.19 Å². The number of nitrogens with zero attached hydrogens (tertiary/aromatic N) is 2. The third-order valence-electron chi connectivity index (χ3n) is 11.7. The van der Waals surface area contributed by atoms with E-state index in [0.29, 0.717) is 19.3 Å². The Kier molecular flexibility index (Phi) is 5.98. The molecule has 2 bridgehead atoms. The summed E-state index contributed by atoms with van der Waals surface area (Å²) < 4.78 is 0. The van der Waals surface area contributed by atoms with E-state index in [-0.39, 0.29) is 34.5 Å². The van der Waals surface area contributed by atoms with Crippen molar-refractivity contribution in [2.45, 2.75) is 102 Å². The molecular formula is C29H42N2O6. The van der Waals surface area contributed by atoms with Crippen molar-refractivity contribution in [3.05, 3.63) is 24.3 Å². The van der Waals surface area contributed by atoms with E-state index in [1.807, 2.05) is 6.08 Å². The lowest BCUT2D eigenvalue weighted by atomic mass is 9.41. The van der Waals surface area contributed by atoms with E-state index in [9.17, 15) is 30.5 Å². The Morgan fingerprint density at radius 2 is 1.92 bits per heavy atom. The minimum atomic E-state index is -1.85. The first-order chi connectivity index (χ1) is 17.2. The summed E-state index contributed by atoms with van der Waals surface area (Å²) in [6.45, 7) is 9.60. The highest BCUT2D eigenvalue weighted by Crippen LogP contribution is 2.73. The SMILES string of the molecule is C[C@H](/C=C/[C@H](C)C(C)(O)C(=O)O)[C@H]1C[C@@H](O)[C@@H]2[C@]1(C)CC[C@H]1[C@]23C=C[C@]2(C[C@@H](O)CC[C@]12C)N(C#N)O3. The molecule has 4 N–H and O–H groups in total. The Morgan fingerprint density at radius 1 is 1.22 bits per heavy atom. The van der Waals surface area contributed by atoms with Gasteiger partial charge in [-0.3, -0.25) is 4.84 Å². The minimum absolute atomic E-state index is 0.0485. The molecule has 3 saturated carbocycles. The van der Waals surface area contributed by atoms with E-state index in [1.165, 1.54) is 12.0 Å². The van der Waals surface area contributed by atoms with Crippen molar-refractivity contribution in [1.82, 2.24) is 5.06 Å². The molecule has 0 aromatic carbocycles. The Bertz CT molecular complexity index is 1070. The average molecular weight is 515 g/mol. The monoisotopic (exact) mass is 514 g/mol. The van der Waals surface area contributed by atoms with Crippen molar-refractivity contribution in [3.63, 3.8) is 0 Å². The quantitative estimate of drug-likeness (QED) is 0.324. The molecule has 0 radical (unpaired) electrons. The van der Waals surface area contributed by atoms with Gasteiger partial charge in [0.1, 0.15) is 11.1 Å². The molecule has 2 heterocycles. The zero-order valence-electron chi connectivity index (χ0n) is 22.6. The molecule has 0 aromatic heterocycles. The fraction of sp³-hybridized carbons (Fsp3) is 0.793. The van der Waals surface area contributed by atoms with Gasteiger partial charge in [0, 0.05) is 29.6 Å².